The van der Waals surface area contributed by atoms with E-state index in [9.17, 15) is 0 Å². The Labute approximate surface area is 242 Å². The van der Waals surface area contributed by atoms with Gasteiger partial charge in [0.1, 0.15) is 20.1 Å². The molecule has 0 bridgehead atoms. The lowest BCUT2D eigenvalue weighted by molar-refractivity contribution is 0.417. The molecule has 0 spiro atoms. The lowest BCUT2D eigenvalue weighted by Crippen LogP contribution is -1.99. The number of nitrogens with zero attached hydrogens (tertiary/aromatic N) is 2. The van der Waals surface area contributed by atoms with Crippen LogP contribution in [0.4, 0.5) is 0 Å². The molecule has 4 aromatic rings. The summed E-state index contributed by atoms with van der Waals surface area (Å²) in [6, 6.07) is 6.66. The third-order valence-corrected chi connectivity index (χ3v) is 8.76. The first-order valence-electron chi connectivity index (χ1n) is 8.68. The summed E-state index contributed by atoms with van der Waals surface area (Å²) in [5, 5.41) is -0.139. The summed E-state index contributed by atoms with van der Waals surface area (Å²) in [7, 11) is 0. The predicted octanol–water partition coefficient (Wildman–Crippen LogP) is 11.7. The van der Waals surface area contributed by atoms with Gasteiger partial charge in [-0.1, -0.05) is 128 Å². The smallest absolute Gasteiger partial charge is 0.326 e. The Morgan fingerprint density at radius 1 is 0.471 bits per heavy atom. The molecule has 1 aromatic heterocycles. The van der Waals surface area contributed by atoms with Crippen molar-refractivity contribution in [2.45, 2.75) is 0 Å². The highest BCUT2D eigenvalue weighted by Crippen LogP contribution is 2.51. The number of benzene rings is 3. The van der Waals surface area contributed by atoms with Crippen molar-refractivity contribution in [2.24, 2.45) is 0 Å². The Kier molecular flexibility index (Phi) is 8.18. The SMILES string of the molecule is Clc1c(Cl)c(Cl)c(Oc2nc(Oc3c(Cl)c(Cl)c(Cl)c(Cl)c3Cl)c3ccccc3n2)c(Cl)c1Cl. The van der Waals surface area contributed by atoms with Gasteiger partial charge < -0.3 is 9.47 Å². The van der Waals surface area contributed by atoms with Crippen LogP contribution in [0.1, 0.15) is 0 Å². The molecular formula is C20H4Cl10N2O2. The molecule has 4 nitrogen and oxygen atoms in total. The topological polar surface area (TPSA) is 44.2 Å². The molecule has 0 fully saturated rings. The Hall–Kier alpha value is -0.500. The fraction of sp³-hybridized carbons (Fsp3) is 0. The second kappa shape index (κ2) is 10.5. The Bertz CT molecular complexity index is 1420. The zero-order valence-corrected chi connectivity index (χ0v) is 23.4. The molecule has 4 rings (SSSR count). The fourth-order valence-corrected chi connectivity index (χ4v) is 5.08. The largest absolute Gasteiger partial charge is 0.435 e. The molecule has 0 amide bonds. The Balaban J connectivity index is 1.88. The summed E-state index contributed by atoms with van der Waals surface area (Å²) >= 11 is 61.7. The van der Waals surface area contributed by atoms with E-state index in [1.54, 1.807) is 24.3 Å². The van der Waals surface area contributed by atoms with Crippen molar-refractivity contribution in [3.63, 3.8) is 0 Å². The van der Waals surface area contributed by atoms with Crippen molar-refractivity contribution >= 4 is 127 Å². The van der Waals surface area contributed by atoms with Crippen LogP contribution < -0.4 is 9.47 Å². The van der Waals surface area contributed by atoms with E-state index < -0.39 is 0 Å². The highest BCUT2D eigenvalue weighted by atomic mass is 35.5. The van der Waals surface area contributed by atoms with Crippen LogP contribution in [0.25, 0.3) is 10.9 Å². The van der Waals surface area contributed by atoms with Crippen molar-refractivity contribution in [1.82, 2.24) is 9.97 Å². The van der Waals surface area contributed by atoms with Crippen LogP contribution >= 0.6 is 116 Å². The van der Waals surface area contributed by atoms with Gasteiger partial charge in [-0.15, -0.1) is 0 Å². The number of para-hydroxylation sites is 1. The van der Waals surface area contributed by atoms with Crippen molar-refractivity contribution in [3.8, 4) is 23.4 Å². The molecule has 0 saturated carbocycles. The molecule has 0 aliphatic heterocycles. The molecule has 0 radical (unpaired) electrons. The van der Waals surface area contributed by atoms with Crippen molar-refractivity contribution in [3.05, 3.63) is 74.5 Å². The first-order valence-corrected chi connectivity index (χ1v) is 12.5. The molecule has 0 saturated heterocycles. The summed E-state index contributed by atoms with van der Waals surface area (Å²) in [4.78, 5) is 8.63. The van der Waals surface area contributed by atoms with Crippen LogP contribution in [0.5, 0.6) is 23.4 Å². The molecule has 0 atom stereocenters. The van der Waals surface area contributed by atoms with E-state index in [1.165, 1.54) is 0 Å². The first-order chi connectivity index (χ1) is 16.0. The van der Waals surface area contributed by atoms with Crippen LogP contribution in [0.3, 0.4) is 0 Å². The Morgan fingerprint density at radius 3 is 1.38 bits per heavy atom. The number of rotatable bonds is 4. The maximum absolute atomic E-state index is 6.30. The molecule has 34 heavy (non-hydrogen) atoms. The zero-order chi connectivity index (χ0) is 24.9. The van der Waals surface area contributed by atoms with Crippen molar-refractivity contribution in [2.75, 3.05) is 0 Å². The number of halogens is 10. The fourth-order valence-electron chi connectivity index (χ4n) is 2.69. The van der Waals surface area contributed by atoms with Gasteiger partial charge in [-0.25, -0.2) is 0 Å². The summed E-state index contributed by atoms with van der Waals surface area (Å²) in [6.07, 6.45) is 0. The predicted molar refractivity (Wildman–Crippen MR) is 143 cm³/mol. The lowest BCUT2D eigenvalue weighted by Gasteiger charge is -2.16. The number of aromatic nitrogens is 2. The van der Waals surface area contributed by atoms with Crippen LogP contribution in [0.2, 0.25) is 50.2 Å². The highest BCUT2D eigenvalue weighted by molar-refractivity contribution is 6.56. The Morgan fingerprint density at radius 2 is 0.882 bits per heavy atom. The summed E-state index contributed by atoms with van der Waals surface area (Å²) in [5.41, 5.74) is 0.430. The van der Waals surface area contributed by atoms with E-state index in [4.69, 9.17) is 125 Å². The second-order valence-electron chi connectivity index (χ2n) is 6.33. The quantitative estimate of drug-likeness (QED) is 0.162. The number of fused-ring (bicyclic) bond motifs is 1. The summed E-state index contributed by atoms with van der Waals surface area (Å²) in [6.45, 7) is 0. The highest BCUT2D eigenvalue weighted by Gasteiger charge is 2.25. The molecule has 14 heteroatoms. The first kappa shape index (κ1) is 26.6. The molecule has 0 aliphatic carbocycles. The van der Waals surface area contributed by atoms with Gasteiger partial charge in [0, 0.05) is 0 Å². The minimum Gasteiger partial charge on any atom is -0.435 e. The van der Waals surface area contributed by atoms with Crippen LogP contribution in [0, 0.1) is 0 Å². The second-order valence-corrected chi connectivity index (χ2v) is 10.1. The minimum atomic E-state index is -0.217. The molecule has 3 aromatic carbocycles. The van der Waals surface area contributed by atoms with Crippen molar-refractivity contribution in [1.29, 1.82) is 0 Å². The van der Waals surface area contributed by atoms with E-state index in [1.807, 2.05) is 0 Å². The lowest BCUT2D eigenvalue weighted by atomic mass is 10.2. The van der Waals surface area contributed by atoms with Crippen LogP contribution in [0.15, 0.2) is 24.3 Å². The number of hydrogen-bond donors (Lipinski definition) is 0. The normalized spacial score (nSPS) is 11.2. The van der Waals surface area contributed by atoms with Gasteiger partial charge in [0.25, 0.3) is 0 Å². The average Bonchev–Trinajstić information content (AvgIpc) is 2.84. The van der Waals surface area contributed by atoms with Crippen LogP contribution in [-0.2, 0) is 0 Å². The molecule has 1 heterocycles. The maximum atomic E-state index is 6.30. The van der Waals surface area contributed by atoms with Crippen molar-refractivity contribution < 1.29 is 9.47 Å². The molecule has 0 aliphatic rings. The van der Waals surface area contributed by atoms with E-state index in [2.05, 4.69) is 9.97 Å². The van der Waals surface area contributed by atoms with E-state index in [-0.39, 0.29) is 73.6 Å². The molecular weight excluding hydrogens is 655 g/mol. The van der Waals surface area contributed by atoms with Gasteiger partial charge >= 0.3 is 6.01 Å². The maximum Gasteiger partial charge on any atom is 0.326 e. The van der Waals surface area contributed by atoms with Gasteiger partial charge in [-0.05, 0) is 12.1 Å². The number of hydrogen-bond acceptors (Lipinski definition) is 4. The van der Waals surface area contributed by atoms with E-state index in [0.29, 0.717) is 10.9 Å². The van der Waals surface area contributed by atoms with Gasteiger partial charge in [0.05, 0.1) is 41.0 Å². The molecule has 0 N–H and O–H groups in total. The van der Waals surface area contributed by atoms with E-state index >= 15 is 0 Å². The summed E-state index contributed by atoms with van der Waals surface area (Å²) < 4.78 is 11.7. The van der Waals surface area contributed by atoms with Gasteiger partial charge in [-0.2, -0.15) is 9.97 Å². The average molecular weight is 659 g/mol. The standard InChI is InChI=1S/C20H4Cl10N2O2/c21-7-9(23)13(27)17(14(28)10(7)24)33-19-5-3-1-2-4-6(5)31-20(32-19)34-18-15(29)11(25)8(22)12(26)16(18)30/h1-4H. The van der Waals surface area contributed by atoms with Gasteiger partial charge in [0.2, 0.25) is 5.88 Å². The zero-order valence-electron chi connectivity index (χ0n) is 15.8. The molecule has 0 unspecified atom stereocenters. The summed E-state index contributed by atoms with van der Waals surface area (Å²) in [5.74, 6) is -0.193. The van der Waals surface area contributed by atoms with E-state index in [0.717, 1.165) is 0 Å². The van der Waals surface area contributed by atoms with Gasteiger partial charge in [0.15, 0.2) is 11.5 Å². The third kappa shape index (κ3) is 4.76. The number of ether oxygens (including phenoxy) is 2. The minimum absolute atomic E-state index is 0.00254. The third-order valence-electron chi connectivity index (χ3n) is 4.28. The monoisotopic (exact) mass is 654 g/mol. The van der Waals surface area contributed by atoms with Crippen LogP contribution in [-0.4, -0.2) is 9.97 Å². The molecule has 176 valence electrons. The van der Waals surface area contributed by atoms with Gasteiger partial charge in [-0.3, -0.25) is 0 Å².